The fraction of sp³-hybridized carbons (Fsp3) is 0.389. The van der Waals surface area contributed by atoms with E-state index in [4.69, 9.17) is 14.2 Å². The van der Waals surface area contributed by atoms with E-state index in [0.717, 1.165) is 22.3 Å². The third kappa shape index (κ3) is 8.81. The smallest absolute Gasteiger partial charge is 0.326 e. The normalized spacial score (nSPS) is 14.0. The van der Waals surface area contributed by atoms with Gasteiger partial charge >= 0.3 is 5.97 Å². The minimum atomic E-state index is -1.07. The van der Waals surface area contributed by atoms with Crippen LogP contribution in [0, 0.1) is 0 Å². The fourth-order valence-corrected chi connectivity index (χ4v) is 5.98. The summed E-state index contributed by atoms with van der Waals surface area (Å²) in [6.45, 7) is 1.95. The third-order valence-corrected chi connectivity index (χ3v) is 8.23. The van der Waals surface area contributed by atoms with Crippen molar-refractivity contribution in [3.8, 4) is 28.4 Å². The standard InChI is InChI=1S/C36H43N3O8/c1-22(40)38-27-16-14-24-20-31(45-2)34(46-3)35(47-4)33(24)25-15-17-28(30(41)21-26(25)27)37-18-10-6-9-13-32(42)39-29(36(43)44)19-23-11-7-5-8-12-23/h5,7-8,11-12,15,17,20-21,27,29H,6,9-10,13-14,16,18-19H2,1-4H3,(H,37,41)(H,38,40)(H,39,42)(H,43,44)/t27-,29-/m1/s1. The Labute approximate surface area is 274 Å². The number of anilines is 1. The number of aryl methyl sites for hydroxylation is 1. The number of nitrogens with one attached hydrogen (secondary N) is 3. The van der Waals surface area contributed by atoms with E-state index >= 15 is 0 Å². The lowest BCUT2D eigenvalue weighted by molar-refractivity contribution is -0.141. The van der Waals surface area contributed by atoms with Crippen molar-refractivity contribution in [1.29, 1.82) is 0 Å². The van der Waals surface area contributed by atoms with Crippen LogP contribution in [0.3, 0.4) is 0 Å². The number of hydrogen-bond donors (Lipinski definition) is 4. The summed E-state index contributed by atoms with van der Waals surface area (Å²) in [6, 6.07) is 14.9. The largest absolute Gasteiger partial charge is 0.493 e. The van der Waals surface area contributed by atoms with Crippen molar-refractivity contribution in [2.24, 2.45) is 0 Å². The average Bonchev–Trinajstić information content (AvgIpc) is 3.29. The Morgan fingerprint density at radius 1 is 0.936 bits per heavy atom. The molecular weight excluding hydrogens is 602 g/mol. The van der Waals surface area contributed by atoms with E-state index in [-0.39, 0.29) is 30.1 Å². The molecular formula is C36H43N3O8. The Morgan fingerprint density at radius 2 is 1.68 bits per heavy atom. The molecule has 0 fully saturated rings. The number of methoxy groups -OCH3 is 3. The Kier molecular flexibility index (Phi) is 12.2. The van der Waals surface area contributed by atoms with E-state index in [0.29, 0.717) is 67.1 Å². The van der Waals surface area contributed by atoms with Crippen LogP contribution in [0.1, 0.15) is 61.8 Å². The molecule has 250 valence electrons. The van der Waals surface area contributed by atoms with E-state index in [1.165, 1.54) is 6.92 Å². The van der Waals surface area contributed by atoms with E-state index in [9.17, 15) is 24.3 Å². The zero-order valence-corrected chi connectivity index (χ0v) is 27.3. The van der Waals surface area contributed by atoms with Gasteiger partial charge in [-0.25, -0.2) is 4.79 Å². The number of hydrogen-bond acceptors (Lipinski definition) is 8. The van der Waals surface area contributed by atoms with Gasteiger partial charge < -0.3 is 35.3 Å². The first-order valence-corrected chi connectivity index (χ1v) is 15.7. The van der Waals surface area contributed by atoms with Crippen molar-refractivity contribution in [3.05, 3.63) is 81.5 Å². The quantitative estimate of drug-likeness (QED) is 0.173. The van der Waals surface area contributed by atoms with Gasteiger partial charge in [-0.1, -0.05) is 42.8 Å². The van der Waals surface area contributed by atoms with Crippen molar-refractivity contribution in [1.82, 2.24) is 10.6 Å². The molecule has 1 aliphatic carbocycles. The molecule has 0 heterocycles. The summed E-state index contributed by atoms with van der Waals surface area (Å²) in [6.07, 6.45) is 3.57. The molecule has 3 aromatic rings. The number of rotatable bonds is 15. The van der Waals surface area contributed by atoms with Crippen LogP contribution in [0.2, 0.25) is 0 Å². The van der Waals surface area contributed by atoms with Gasteiger partial charge in [0.1, 0.15) is 6.04 Å². The molecule has 47 heavy (non-hydrogen) atoms. The zero-order chi connectivity index (χ0) is 33.9. The Hall–Kier alpha value is -5.06. The van der Waals surface area contributed by atoms with Crippen molar-refractivity contribution in [2.45, 2.75) is 64.0 Å². The first kappa shape index (κ1) is 34.8. The van der Waals surface area contributed by atoms with Crippen LogP contribution in [0.4, 0.5) is 5.69 Å². The summed E-state index contributed by atoms with van der Waals surface area (Å²) >= 11 is 0. The van der Waals surface area contributed by atoms with Gasteiger partial charge in [0, 0.05) is 31.9 Å². The Bertz CT molecular complexity index is 1640. The van der Waals surface area contributed by atoms with Crippen LogP contribution in [0.25, 0.3) is 11.1 Å². The van der Waals surface area contributed by atoms with Crippen molar-refractivity contribution < 1.29 is 33.7 Å². The van der Waals surface area contributed by atoms with Crippen LogP contribution in [0.15, 0.2) is 59.4 Å². The van der Waals surface area contributed by atoms with Gasteiger partial charge in [0.05, 0.1) is 33.1 Å². The van der Waals surface area contributed by atoms with Crippen molar-refractivity contribution in [2.75, 3.05) is 33.2 Å². The monoisotopic (exact) mass is 645 g/mol. The second-order valence-corrected chi connectivity index (χ2v) is 11.5. The highest BCUT2D eigenvalue weighted by atomic mass is 16.5. The topological polar surface area (TPSA) is 152 Å². The van der Waals surface area contributed by atoms with E-state index in [1.807, 2.05) is 42.5 Å². The summed E-state index contributed by atoms with van der Waals surface area (Å²) in [5, 5.41) is 18.4. The van der Waals surface area contributed by atoms with Crippen LogP contribution in [-0.4, -0.2) is 56.8 Å². The number of carboxylic acids is 1. The van der Waals surface area contributed by atoms with Gasteiger partial charge in [0.15, 0.2) is 11.5 Å². The lowest BCUT2D eigenvalue weighted by Crippen LogP contribution is -2.42. The molecule has 1 aliphatic rings. The summed E-state index contributed by atoms with van der Waals surface area (Å²) in [7, 11) is 4.66. The minimum Gasteiger partial charge on any atom is -0.493 e. The molecule has 2 amide bonds. The van der Waals surface area contributed by atoms with Gasteiger partial charge in [-0.3, -0.25) is 14.4 Å². The highest BCUT2D eigenvalue weighted by Crippen LogP contribution is 2.50. The lowest BCUT2D eigenvalue weighted by atomic mass is 9.95. The lowest BCUT2D eigenvalue weighted by Gasteiger charge is -2.19. The summed E-state index contributed by atoms with van der Waals surface area (Å²) in [5.74, 6) is -0.127. The number of carbonyl (C=O) groups is 3. The summed E-state index contributed by atoms with van der Waals surface area (Å²) in [4.78, 5) is 49.8. The van der Waals surface area contributed by atoms with Gasteiger partial charge in [-0.2, -0.15) is 0 Å². The number of ether oxygens (including phenoxy) is 3. The molecule has 11 heteroatoms. The predicted octanol–water partition coefficient (Wildman–Crippen LogP) is 4.65. The van der Waals surface area contributed by atoms with Crippen LogP contribution >= 0.6 is 0 Å². The van der Waals surface area contributed by atoms with E-state index in [1.54, 1.807) is 33.5 Å². The molecule has 0 saturated carbocycles. The highest BCUT2D eigenvalue weighted by Gasteiger charge is 2.29. The van der Waals surface area contributed by atoms with Crippen molar-refractivity contribution in [3.63, 3.8) is 0 Å². The molecule has 4 N–H and O–H groups in total. The number of amides is 2. The fourth-order valence-electron chi connectivity index (χ4n) is 5.98. The molecule has 11 nitrogen and oxygen atoms in total. The number of benzene rings is 2. The number of unbranched alkanes of at least 4 members (excludes halogenated alkanes) is 2. The number of aliphatic carboxylic acids is 1. The van der Waals surface area contributed by atoms with Crippen molar-refractivity contribution >= 4 is 23.5 Å². The van der Waals surface area contributed by atoms with Gasteiger partial charge in [-0.05, 0) is 66.1 Å². The van der Waals surface area contributed by atoms with E-state index < -0.39 is 18.1 Å². The number of carbonyl (C=O) groups excluding carboxylic acids is 2. The van der Waals surface area contributed by atoms with E-state index in [2.05, 4.69) is 16.0 Å². The molecule has 4 rings (SSSR count). The van der Waals surface area contributed by atoms with Gasteiger partial charge in [-0.15, -0.1) is 0 Å². The SMILES string of the molecule is COc1cc2c(c(OC)c1OC)-c1ccc(NCCCCCC(=O)N[C@H](Cc3ccccc3)C(=O)O)c(=O)cc1[C@H](NC(C)=O)CC2. The molecule has 0 unspecified atom stereocenters. The maximum Gasteiger partial charge on any atom is 0.326 e. The van der Waals surface area contributed by atoms with Crippen LogP contribution < -0.4 is 35.6 Å². The second kappa shape index (κ2) is 16.5. The Morgan fingerprint density at radius 3 is 2.34 bits per heavy atom. The van der Waals surface area contributed by atoms with Gasteiger partial charge in [0.25, 0.3) is 0 Å². The highest BCUT2D eigenvalue weighted by molar-refractivity contribution is 5.84. The predicted molar refractivity (Wildman–Crippen MR) is 179 cm³/mol. The van der Waals surface area contributed by atoms with Crippen LogP contribution in [0.5, 0.6) is 17.2 Å². The number of fused-ring (bicyclic) bond motifs is 3. The maximum atomic E-state index is 13.5. The zero-order valence-electron chi connectivity index (χ0n) is 27.3. The van der Waals surface area contributed by atoms with Crippen LogP contribution in [-0.2, 0) is 27.2 Å². The molecule has 0 saturated heterocycles. The minimum absolute atomic E-state index is 0.199. The molecule has 3 aromatic carbocycles. The molecule has 0 aromatic heterocycles. The first-order valence-electron chi connectivity index (χ1n) is 15.7. The average molecular weight is 646 g/mol. The van der Waals surface area contributed by atoms with Gasteiger partial charge in [0.2, 0.25) is 23.0 Å². The first-order chi connectivity index (χ1) is 22.7. The summed E-state index contributed by atoms with van der Waals surface area (Å²) < 4.78 is 17.1. The molecule has 0 spiro atoms. The second-order valence-electron chi connectivity index (χ2n) is 11.5. The maximum absolute atomic E-state index is 13.5. The molecule has 0 radical (unpaired) electrons. The Balaban J connectivity index is 1.45. The number of carboxylic acid groups (broad SMARTS) is 1. The molecule has 2 atom stereocenters. The third-order valence-electron chi connectivity index (χ3n) is 8.23. The summed E-state index contributed by atoms with van der Waals surface area (Å²) in [5.41, 5.74) is 4.18. The molecule has 0 aliphatic heterocycles. The molecule has 0 bridgehead atoms.